The summed E-state index contributed by atoms with van der Waals surface area (Å²) in [7, 11) is 2.48. The van der Waals surface area contributed by atoms with E-state index in [1.54, 1.807) is 30.3 Å². The number of carbonyl (C=O) groups is 3. The predicted molar refractivity (Wildman–Crippen MR) is 139 cm³/mol. The number of benzene rings is 2. The van der Waals surface area contributed by atoms with E-state index in [0.717, 1.165) is 37.5 Å². The smallest absolute Gasteiger partial charge is 0.344 e. The van der Waals surface area contributed by atoms with Gasteiger partial charge in [0.15, 0.2) is 5.78 Å². The number of aromatic nitrogens is 1. The number of para-hydroxylation sites is 1. The van der Waals surface area contributed by atoms with Crippen LogP contribution in [0.2, 0.25) is 0 Å². The largest absolute Gasteiger partial charge is 0.466 e. The summed E-state index contributed by atoms with van der Waals surface area (Å²) < 4.78 is 17.0. The van der Waals surface area contributed by atoms with Crippen LogP contribution in [0, 0.1) is 0 Å². The van der Waals surface area contributed by atoms with Crippen molar-refractivity contribution in [2.24, 2.45) is 4.99 Å². The number of ketones is 1. The first kappa shape index (κ1) is 24.0. The molecule has 1 unspecified atom stereocenters. The molecule has 0 saturated heterocycles. The van der Waals surface area contributed by atoms with Crippen molar-refractivity contribution in [3.05, 3.63) is 88.1 Å². The first-order valence-corrected chi connectivity index (χ1v) is 12.7. The molecule has 1 spiro atoms. The summed E-state index contributed by atoms with van der Waals surface area (Å²) in [6, 6.07) is 16.0. The molecular weight excluding hydrogens is 484 g/mol. The molecule has 0 N–H and O–H groups in total. The molecule has 3 aliphatic rings. The highest BCUT2D eigenvalue weighted by molar-refractivity contribution is 6.25. The second-order valence-electron chi connectivity index (χ2n) is 9.69. The summed E-state index contributed by atoms with van der Waals surface area (Å²) in [6.45, 7) is 0. The number of nitrogens with zero attached hydrogens (tertiary/aromatic N) is 2. The van der Waals surface area contributed by atoms with Crippen LogP contribution in [0.4, 0.5) is 0 Å². The fourth-order valence-electron chi connectivity index (χ4n) is 5.81. The van der Waals surface area contributed by atoms with Gasteiger partial charge in [-0.05, 0) is 25.0 Å². The molecule has 38 heavy (non-hydrogen) atoms. The lowest BCUT2D eigenvalue weighted by Crippen LogP contribution is -2.41. The van der Waals surface area contributed by atoms with Crippen LogP contribution < -0.4 is 0 Å². The SMILES string of the molecule is COC(=O)C1=C(C(=O)OC)C2(OC1=NC1CCCCC1)c1ccccc1C(=O)c1cc3ccccc3nc12. The molecule has 1 atom stereocenters. The minimum absolute atomic E-state index is 0.00853. The van der Waals surface area contributed by atoms with Crippen molar-refractivity contribution in [3.63, 3.8) is 0 Å². The van der Waals surface area contributed by atoms with Crippen molar-refractivity contribution in [2.45, 2.75) is 43.7 Å². The minimum Gasteiger partial charge on any atom is -0.466 e. The maximum atomic E-state index is 13.8. The number of pyridine rings is 1. The molecule has 0 radical (unpaired) electrons. The molecular formula is C30H26N2O6. The van der Waals surface area contributed by atoms with Crippen LogP contribution >= 0.6 is 0 Å². The Balaban J connectivity index is 1.72. The first-order chi connectivity index (χ1) is 18.5. The molecule has 2 aromatic carbocycles. The Morgan fingerprint density at radius 1 is 0.947 bits per heavy atom. The Morgan fingerprint density at radius 3 is 2.42 bits per heavy atom. The highest BCUT2D eigenvalue weighted by Crippen LogP contribution is 2.52. The van der Waals surface area contributed by atoms with Crippen LogP contribution in [0.1, 0.15) is 59.3 Å². The molecule has 1 fully saturated rings. The average Bonchev–Trinajstić information content (AvgIpc) is 3.30. The van der Waals surface area contributed by atoms with Crippen molar-refractivity contribution in [1.82, 2.24) is 4.98 Å². The van der Waals surface area contributed by atoms with Crippen molar-refractivity contribution in [1.29, 1.82) is 0 Å². The van der Waals surface area contributed by atoms with Crippen LogP contribution in [0.3, 0.4) is 0 Å². The monoisotopic (exact) mass is 510 g/mol. The van der Waals surface area contributed by atoms with E-state index in [9.17, 15) is 14.4 Å². The van der Waals surface area contributed by atoms with Crippen LogP contribution in [0.15, 0.2) is 70.7 Å². The lowest BCUT2D eigenvalue weighted by Gasteiger charge is -2.36. The number of carbonyl (C=O) groups excluding carboxylic acids is 3. The summed E-state index contributed by atoms with van der Waals surface area (Å²) in [5, 5.41) is 0.764. The third kappa shape index (κ3) is 3.47. The number of methoxy groups -OCH3 is 2. The predicted octanol–water partition coefficient (Wildman–Crippen LogP) is 4.43. The minimum atomic E-state index is -1.73. The Labute approximate surface area is 219 Å². The molecule has 2 aliphatic carbocycles. The van der Waals surface area contributed by atoms with Gasteiger partial charge in [-0.15, -0.1) is 0 Å². The molecule has 8 nitrogen and oxygen atoms in total. The number of esters is 2. The van der Waals surface area contributed by atoms with E-state index >= 15 is 0 Å². The van der Waals surface area contributed by atoms with E-state index in [0.29, 0.717) is 16.6 Å². The quantitative estimate of drug-likeness (QED) is 0.480. The van der Waals surface area contributed by atoms with Crippen LogP contribution in [0.5, 0.6) is 0 Å². The van der Waals surface area contributed by atoms with Crippen molar-refractivity contribution < 1.29 is 28.6 Å². The van der Waals surface area contributed by atoms with Gasteiger partial charge in [-0.25, -0.2) is 19.6 Å². The number of ether oxygens (including phenoxy) is 3. The fourth-order valence-corrected chi connectivity index (χ4v) is 5.81. The lowest BCUT2D eigenvalue weighted by atomic mass is 9.72. The molecule has 3 aromatic rings. The Kier molecular flexibility index (Phi) is 5.82. The maximum Gasteiger partial charge on any atom is 0.344 e. The van der Waals surface area contributed by atoms with Crippen molar-refractivity contribution in [2.75, 3.05) is 14.2 Å². The molecule has 192 valence electrons. The van der Waals surface area contributed by atoms with Crippen LogP contribution in [-0.2, 0) is 29.4 Å². The number of fused-ring (bicyclic) bond motifs is 5. The molecule has 0 amide bonds. The Morgan fingerprint density at radius 2 is 1.66 bits per heavy atom. The van der Waals surface area contributed by atoms with Gasteiger partial charge in [-0.2, -0.15) is 0 Å². The zero-order valence-electron chi connectivity index (χ0n) is 21.2. The molecule has 8 heteroatoms. The summed E-state index contributed by atoms with van der Waals surface area (Å²) >= 11 is 0. The topological polar surface area (TPSA) is 104 Å². The fraction of sp³-hybridized carbons (Fsp3) is 0.300. The van der Waals surface area contributed by atoms with Crippen molar-refractivity contribution in [3.8, 4) is 0 Å². The third-order valence-corrected chi connectivity index (χ3v) is 7.57. The van der Waals surface area contributed by atoms with E-state index in [-0.39, 0.29) is 40.1 Å². The van der Waals surface area contributed by atoms with Gasteiger partial charge in [0.1, 0.15) is 16.8 Å². The maximum absolute atomic E-state index is 13.8. The number of rotatable bonds is 3. The van der Waals surface area contributed by atoms with Gasteiger partial charge in [0.2, 0.25) is 11.5 Å². The standard InChI is InChI=1S/C30H26N2O6/c1-36-28(34)23-24(29(35)37-2)30(38-27(23)31-18-11-4-3-5-12-18)21-14-8-7-13-19(21)25(33)20-16-17-10-6-9-15-22(17)32-26(20)30/h6-10,13-16,18H,3-5,11-12H2,1-2H3. The van der Waals surface area contributed by atoms with Gasteiger partial charge in [0.05, 0.1) is 25.8 Å². The molecule has 1 aliphatic heterocycles. The summed E-state index contributed by atoms with van der Waals surface area (Å²) in [4.78, 5) is 50.3. The van der Waals surface area contributed by atoms with Crippen LogP contribution in [-0.4, -0.2) is 48.9 Å². The van der Waals surface area contributed by atoms with Gasteiger partial charge >= 0.3 is 11.9 Å². The first-order valence-electron chi connectivity index (χ1n) is 12.7. The summed E-state index contributed by atoms with van der Waals surface area (Å²) in [6.07, 6.45) is 4.84. The third-order valence-electron chi connectivity index (χ3n) is 7.57. The highest BCUT2D eigenvalue weighted by Gasteiger charge is 2.60. The molecule has 6 rings (SSSR count). The van der Waals surface area contributed by atoms with Gasteiger partial charge in [0, 0.05) is 22.1 Å². The van der Waals surface area contributed by atoms with Gasteiger partial charge in [-0.3, -0.25) is 4.79 Å². The second kappa shape index (κ2) is 9.20. The molecule has 1 aromatic heterocycles. The van der Waals surface area contributed by atoms with Crippen molar-refractivity contribution >= 4 is 34.5 Å². The zero-order chi connectivity index (χ0) is 26.4. The summed E-state index contributed by atoms with van der Waals surface area (Å²) in [5.41, 5.74) is -0.0585. The van der Waals surface area contributed by atoms with Gasteiger partial charge in [-0.1, -0.05) is 61.7 Å². The number of aliphatic imine (C=N–C) groups is 1. The van der Waals surface area contributed by atoms with E-state index in [2.05, 4.69) is 0 Å². The molecule has 0 bridgehead atoms. The highest BCUT2D eigenvalue weighted by atomic mass is 16.6. The second-order valence-corrected chi connectivity index (χ2v) is 9.69. The zero-order valence-corrected chi connectivity index (χ0v) is 21.2. The average molecular weight is 511 g/mol. The molecule has 2 heterocycles. The van der Waals surface area contributed by atoms with Gasteiger partial charge in [0.25, 0.3) is 0 Å². The lowest BCUT2D eigenvalue weighted by molar-refractivity contribution is -0.139. The molecule has 1 saturated carbocycles. The van der Waals surface area contributed by atoms with E-state index < -0.39 is 17.5 Å². The van der Waals surface area contributed by atoms with E-state index in [4.69, 9.17) is 24.2 Å². The normalized spacial score (nSPS) is 21.8. The summed E-state index contributed by atoms with van der Waals surface area (Å²) in [5.74, 6) is -1.79. The number of hydrogen-bond acceptors (Lipinski definition) is 8. The van der Waals surface area contributed by atoms with Crippen LogP contribution in [0.25, 0.3) is 10.9 Å². The Bertz CT molecular complexity index is 1570. The Hall–Kier alpha value is -4.33. The van der Waals surface area contributed by atoms with E-state index in [1.165, 1.54) is 14.2 Å². The van der Waals surface area contributed by atoms with E-state index in [1.807, 2.05) is 24.3 Å². The van der Waals surface area contributed by atoms with Gasteiger partial charge < -0.3 is 14.2 Å². The number of hydrogen-bond donors (Lipinski definition) is 0.